The highest BCUT2D eigenvalue weighted by Crippen LogP contribution is 2.24. The van der Waals surface area contributed by atoms with Crippen LogP contribution in [0.4, 0.5) is 0 Å². The van der Waals surface area contributed by atoms with Crippen LogP contribution in [0.3, 0.4) is 0 Å². The Morgan fingerprint density at radius 3 is 2.89 bits per heavy atom. The number of hydrogen-bond donors (Lipinski definition) is 1. The second-order valence-corrected chi connectivity index (χ2v) is 5.38. The number of hydrogen-bond acceptors (Lipinski definition) is 3. The summed E-state index contributed by atoms with van der Waals surface area (Å²) in [5, 5.41) is 4.27. The quantitative estimate of drug-likeness (QED) is 0.706. The molecule has 0 aliphatic heterocycles. The topological polar surface area (TPSA) is 30.5 Å². The zero-order valence-corrected chi connectivity index (χ0v) is 12.2. The lowest BCUT2D eigenvalue weighted by Crippen LogP contribution is -2.25. The molecule has 0 bridgehead atoms. The Hall–Kier alpha value is -0.610. The van der Waals surface area contributed by atoms with Crippen molar-refractivity contribution < 1.29 is 9.47 Å². The van der Waals surface area contributed by atoms with E-state index >= 15 is 0 Å². The maximum atomic E-state index is 6.05. The van der Waals surface area contributed by atoms with Gasteiger partial charge in [0, 0.05) is 37.9 Å². The Kier molecular flexibility index (Phi) is 6.11. The van der Waals surface area contributed by atoms with E-state index in [0.717, 1.165) is 30.2 Å². The van der Waals surface area contributed by atoms with E-state index in [0.29, 0.717) is 12.6 Å². The molecule has 1 aromatic carbocycles. The first-order valence-corrected chi connectivity index (χ1v) is 7.27. The number of halogens is 1. The van der Waals surface area contributed by atoms with E-state index in [1.807, 2.05) is 18.2 Å². The van der Waals surface area contributed by atoms with Crippen molar-refractivity contribution in [3.8, 4) is 0 Å². The second-order valence-electron chi connectivity index (χ2n) is 4.94. The van der Waals surface area contributed by atoms with Gasteiger partial charge in [-0.1, -0.05) is 23.7 Å². The summed E-state index contributed by atoms with van der Waals surface area (Å²) in [6.45, 7) is 2.29. The van der Waals surface area contributed by atoms with Gasteiger partial charge < -0.3 is 14.8 Å². The lowest BCUT2D eigenvalue weighted by Gasteiger charge is -2.19. The van der Waals surface area contributed by atoms with Crippen LogP contribution in [-0.4, -0.2) is 32.9 Å². The number of benzene rings is 1. The molecule has 0 amide bonds. The average Bonchev–Trinajstić information content (AvgIpc) is 3.22. The molecule has 1 unspecified atom stereocenters. The maximum Gasteiger partial charge on any atom is 0.0949 e. The zero-order valence-electron chi connectivity index (χ0n) is 11.4. The van der Waals surface area contributed by atoms with Gasteiger partial charge in [-0.05, 0) is 37.0 Å². The van der Waals surface area contributed by atoms with Gasteiger partial charge in [0.05, 0.1) is 6.10 Å². The predicted molar refractivity (Wildman–Crippen MR) is 77.7 cm³/mol. The fraction of sp³-hybridized carbons (Fsp3) is 0.600. The minimum Gasteiger partial charge on any atom is -0.385 e. The summed E-state index contributed by atoms with van der Waals surface area (Å²) in [6, 6.07) is 8.60. The van der Waals surface area contributed by atoms with Crippen molar-refractivity contribution >= 4 is 11.6 Å². The van der Waals surface area contributed by atoms with Gasteiger partial charge in [-0.2, -0.15) is 0 Å². The van der Waals surface area contributed by atoms with Crippen molar-refractivity contribution in [2.24, 2.45) is 0 Å². The zero-order chi connectivity index (χ0) is 13.5. The first-order valence-electron chi connectivity index (χ1n) is 6.89. The number of rotatable bonds is 9. The van der Waals surface area contributed by atoms with Gasteiger partial charge in [0.25, 0.3) is 0 Å². The van der Waals surface area contributed by atoms with Crippen LogP contribution in [0.2, 0.25) is 5.02 Å². The Balaban J connectivity index is 1.87. The molecule has 0 saturated heterocycles. The highest BCUT2D eigenvalue weighted by molar-refractivity contribution is 6.30. The van der Waals surface area contributed by atoms with Crippen LogP contribution in [0.15, 0.2) is 24.3 Å². The molecular formula is C15H22ClNO2. The minimum atomic E-state index is 0.0659. The van der Waals surface area contributed by atoms with Gasteiger partial charge in [-0.3, -0.25) is 0 Å². The fourth-order valence-electron chi connectivity index (χ4n) is 1.97. The molecule has 0 radical (unpaired) electrons. The summed E-state index contributed by atoms with van der Waals surface area (Å²) >= 11 is 6.05. The molecule has 0 aromatic heterocycles. The number of methoxy groups -OCH3 is 1. The smallest absolute Gasteiger partial charge is 0.0949 e. The molecule has 3 nitrogen and oxygen atoms in total. The largest absolute Gasteiger partial charge is 0.385 e. The molecule has 1 N–H and O–H groups in total. The molecule has 0 spiro atoms. The van der Waals surface area contributed by atoms with Crippen LogP contribution < -0.4 is 5.32 Å². The molecule has 1 saturated carbocycles. The SMILES string of the molecule is COCCCOC(CNC1CC1)c1cccc(Cl)c1. The molecule has 106 valence electrons. The Bertz CT molecular complexity index is 382. The predicted octanol–water partition coefficient (Wildman–Crippen LogP) is 3.19. The monoisotopic (exact) mass is 283 g/mol. The van der Waals surface area contributed by atoms with Crippen molar-refractivity contribution in [2.75, 3.05) is 26.9 Å². The van der Waals surface area contributed by atoms with Crippen molar-refractivity contribution in [2.45, 2.75) is 31.4 Å². The number of nitrogens with one attached hydrogen (secondary N) is 1. The third-order valence-electron chi connectivity index (χ3n) is 3.20. The lowest BCUT2D eigenvalue weighted by molar-refractivity contribution is 0.0386. The molecular weight excluding hydrogens is 262 g/mol. The van der Waals surface area contributed by atoms with Gasteiger partial charge in [-0.15, -0.1) is 0 Å². The summed E-state index contributed by atoms with van der Waals surface area (Å²) in [6.07, 6.45) is 3.55. The first kappa shape index (κ1) is 14.8. The van der Waals surface area contributed by atoms with Crippen molar-refractivity contribution in [3.63, 3.8) is 0 Å². The molecule has 1 atom stereocenters. The van der Waals surface area contributed by atoms with E-state index < -0.39 is 0 Å². The molecule has 1 aromatic rings. The van der Waals surface area contributed by atoms with E-state index in [1.165, 1.54) is 12.8 Å². The van der Waals surface area contributed by atoms with E-state index in [1.54, 1.807) is 7.11 Å². The molecule has 1 aliphatic carbocycles. The fourth-order valence-corrected chi connectivity index (χ4v) is 2.17. The lowest BCUT2D eigenvalue weighted by atomic mass is 10.1. The van der Waals surface area contributed by atoms with Crippen LogP contribution in [0.25, 0.3) is 0 Å². The summed E-state index contributed by atoms with van der Waals surface area (Å²) in [7, 11) is 1.71. The molecule has 0 heterocycles. The first-order chi connectivity index (χ1) is 9.29. The van der Waals surface area contributed by atoms with E-state index in [2.05, 4.69) is 11.4 Å². The normalized spacial score (nSPS) is 16.5. The highest BCUT2D eigenvalue weighted by atomic mass is 35.5. The van der Waals surface area contributed by atoms with E-state index in [4.69, 9.17) is 21.1 Å². The average molecular weight is 284 g/mol. The van der Waals surface area contributed by atoms with Gasteiger partial charge >= 0.3 is 0 Å². The van der Waals surface area contributed by atoms with Gasteiger partial charge in [0.1, 0.15) is 0 Å². The van der Waals surface area contributed by atoms with Crippen LogP contribution in [0.1, 0.15) is 30.9 Å². The maximum absolute atomic E-state index is 6.05. The third-order valence-corrected chi connectivity index (χ3v) is 3.44. The molecule has 2 rings (SSSR count). The summed E-state index contributed by atoms with van der Waals surface area (Å²) < 4.78 is 11.0. The van der Waals surface area contributed by atoms with Gasteiger partial charge in [-0.25, -0.2) is 0 Å². The number of ether oxygens (including phenoxy) is 2. The van der Waals surface area contributed by atoms with Crippen molar-refractivity contribution in [1.82, 2.24) is 5.32 Å². The van der Waals surface area contributed by atoms with Crippen LogP contribution in [-0.2, 0) is 9.47 Å². The van der Waals surface area contributed by atoms with Gasteiger partial charge in [0.15, 0.2) is 0 Å². The standard InChI is InChI=1S/C15H22ClNO2/c1-18-8-3-9-19-15(11-17-14-6-7-14)12-4-2-5-13(16)10-12/h2,4-5,10,14-15,17H,3,6-9,11H2,1H3. The Labute approximate surface area is 120 Å². The van der Waals surface area contributed by atoms with Crippen LogP contribution in [0, 0.1) is 0 Å². The van der Waals surface area contributed by atoms with Crippen molar-refractivity contribution in [1.29, 1.82) is 0 Å². The Morgan fingerprint density at radius 1 is 1.37 bits per heavy atom. The second kappa shape index (κ2) is 7.85. The van der Waals surface area contributed by atoms with Crippen LogP contribution in [0.5, 0.6) is 0 Å². The molecule has 1 fully saturated rings. The minimum absolute atomic E-state index is 0.0659. The van der Waals surface area contributed by atoms with Crippen LogP contribution >= 0.6 is 11.6 Å². The summed E-state index contributed by atoms with van der Waals surface area (Å²) in [4.78, 5) is 0. The Morgan fingerprint density at radius 2 is 2.21 bits per heavy atom. The molecule has 19 heavy (non-hydrogen) atoms. The van der Waals surface area contributed by atoms with Gasteiger partial charge in [0.2, 0.25) is 0 Å². The third kappa shape index (κ3) is 5.49. The molecule has 4 heteroatoms. The molecule has 1 aliphatic rings. The van der Waals surface area contributed by atoms with Crippen molar-refractivity contribution in [3.05, 3.63) is 34.9 Å². The van der Waals surface area contributed by atoms with E-state index in [-0.39, 0.29) is 6.10 Å². The highest BCUT2D eigenvalue weighted by Gasteiger charge is 2.22. The summed E-state index contributed by atoms with van der Waals surface area (Å²) in [5.41, 5.74) is 1.14. The van der Waals surface area contributed by atoms with E-state index in [9.17, 15) is 0 Å². The summed E-state index contributed by atoms with van der Waals surface area (Å²) in [5.74, 6) is 0.